The van der Waals surface area contributed by atoms with Crippen LogP contribution in [0, 0.1) is 5.21 Å². The minimum atomic E-state index is -0.129. The Balaban J connectivity index is 2.58. The summed E-state index contributed by atoms with van der Waals surface area (Å²) in [5.41, 5.74) is 0.689. The molecule has 0 spiro atoms. The quantitative estimate of drug-likeness (QED) is 0.554. The lowest BCUT2D eigenvalue weighted by Gasteiger charge is -1.92. The van der Waals surface area contributed by atoms with Crippen LogP contribution in [0.1, 0.15) is 0 Å². The lowest BCUT2D eigenvalue weighted by Crippen LogP contribution is -2.29. The van der Waals surface area contributed by atoms with Gasteiger partial charge in [0.05, 0.1) is 0 Å². The van der Waals surface area contributed by atoms with E-state index in [0.717, 1.165) is 0 Å². The van der Waals surface area contributed by atoms with Gasteiger partial charge in [-0.1, -0.05) is 22.9 Å². The first-order valence-corrected chi connectivity index (χ1v) is 4.55. The average molecular weight is 230 g/mol. The normalized spacial score (nSPS) is 10.4. The molecular formula is C8H5Cl2N3O. The highest BCUT2D eigenvalue weighted by Gasteiger charge is 2.19. The second-order valence-electron chi connectivity index (χ2n) is 2.59. The maximum absolute atomic E-state index is 11.0. The lowest BCUT2D eigenvalue weighted by molar-refractivity contribution is -0.668. The number of benzene rings is 1. The molecule has 0 aliphatic carbocycles. The molecule has 0 aliphatic heterocycles. The van der Waals surface area contributed by atoms with Gasteiger partial charge in [0.2, 0.25) is 0 Å². The molecule has 6 heteroatoms. The third kappa shape index (κ3) is 1.42. The SMILES string of the molecule is [O-][n+]1nn(-c2ccccc2)c(Cl)c1Cl. The van der Waals surface area contributed by atoms with Gasteiger partial charge in [-0.15, -0.1) is 4.85 Å². The molecule has 1 heterocycles. The Labute approximate surface area is 89.8 Å². The number of aromatic nitrogens is 3. The third-order valence-corrected chi connectivity index (χ3v) is 2.46. The largest absolute Gasteiger partial charge is 0.690 e. The first-order chi connectivity index (χ1) is 6.70. The standard InChI is InChI=1S/C8H5Cl2N3O/c9-7-8(10)13(14)11-12(7)6-4-2-1-3-5-6/h1-5H. The predicted molar refractivity (Wildman–Crippen MR) is 52.5 cm³/mol. The van der Waals surface area contributed by atoms with Crippen molar-refractivity contribution < 1.29 is 4.85 Å². The van der Waals surface area contributed by atoms with Crippen molar-refractivity contribution in [3.8, 4) is 5.69 Å². The summed E-state index contributed by atoms with van der Waals surface area (Å²) in [6.45, 7) is 0. The highest BCUT2D eigenvalue weighted by atomic mass is 35.5. The van der Waals surface area contributed by atoms with Crippen LogP contribution in [0.2, 0.25) is 10.3 Å². The average Bonchev–Trinajstić information content (AvgIpc) is 2.47. The molecule has 2 aromatic rings. The van der Waals surface area contributed by atoms with Gasteiger partial charge in [0.25, 0.3) is 10.3 Å². The molecule has 0 bridgehead atoms. The van der Waals surface area contributed by atoms with Crippen molar-refractivity contribution in [1.29, 1.82) is 0 Å². The fourth-order valence-electron chi connectivity index (χ4n) is 1.06. The number of nitrogens with zero attached hydrogens (tertiary/aromatic N) is 3. The molecule has 0 radical (unpaired) electrons. The Morgan fingerprint density at radius 2 is 1.86 bits per heavy atom. The Kier molecular flexibility index (Phi) is 2.31. The first-order valence-electron chi connectivity index (χ1n) is 3.79. The van der Waals surface area contributed by atoms with Crippen LogP contribution in [0.4, 0.5) is 0 Å². The van der Waals surface area contributed by atoms with Crippen LogP contribution in [0.15, 0.2) is 30.3 Å². The summed E-state index contributed by atoms with van der Waals surface area (Å²) in [7, 11) is 0. The molecule has 2 rings (SSSR count). The Morgan fingerprint density at radius 1 is 1.21 bits per heavy atom. The van der Waals surface area contributed by atoms with Crippen LogP contribution in [0.3, 0.4) is 0 Å². The molecule has 0 fully saturated rings. The first kappa shape index (κ1) is 9.30. The molecule has 0 saturated carbocycles. The molecule has 4 nitrogen and oxygen atoms in total. The fourth-order valence-corrected chi connectivity index (χ4v) is 1.38. The van der Waals surface area contributed by atoms with Gasteiger partial charge in [-0.05, 0) is 35.3 Å². The van der Waals surface area contributed by atoms with Crippen molar-refractivity contribution >= 4 is 23.2 Å². The zero-order chi connectivity index (χ0) is 10.1. The maximum Gasteiger partial charge on any atom is 0.284 e. The van der Waals surface area contributed by atoms with Crippen molar-refractivity contribution in [2.75, 3.05) is 0 Å². The van der Waals surface area contributed by atoms with E-state index in [0.29, 0.717) is 5.69 Å². The highest BCUT2D eigenvalue weighted by Crippen LogP contribution is 2.20. The predicted octanol–water partition coefficient (Wildman–Crippen LogP) is 1.81. The fraction of sp³-hybridized carbons (Fsp3) is 0. The monoisotopic (exact) mass is 229 g/mol. The summed E-state index contributed by atoms with van der Waals surface area (Å²) < 4.78 is 1.27. The van der Waals surface area contributed by atoms with E-state index in [4.69, 9.17) is 23.2 Å². The topological polar surface area (TPSA) is 44.8 Å². The zero-order valence-electron chi connectivity index (χ0n) is 6.89. The molecular weight excluding hydrogens is 225 g/mol. The Morgan fingerprint density at radius 3 is 2.36 bits per heavy atom. The third-order valence-electron chi connectivity index (χ3n) is 1.70. The van der Waals surface area contributed by atoms with Crippen molar-refractivity contribution in [2.24, 2.45) is 0 Å². The lowest BCUT2D eigenvalue weighted by atomic mass is 10.3. The van der Waals surface area contributed by atoms with Gasteiger partial charge in [-0.2, -0.15) is 0 Å². The molecule has 0 amide bonds. The Bertz CT molecular complexity index is 455. The Hall–Kier alpha value is -1.26. The van der Waals surface area contributed by atoms with Gasteiger partial charge >= 0.3 is 0 Å². The molecule has 72 valence electrons. The summed E-state index contributed by atoms with van der Waals surface area (Å²) in [5, 5.41) is 14.6. The van der Waals surface area contributed by atoms with Crippen LogP contribution in [0.5, 0.6) is 0 Å². The number of hydrogen-bond acceptors (Lipinski definition) is 2. The summed E-state index contributed by atoms with van der Waals surface area (Å²) >= 11 is 11.4. The minimum absolute atomic E-state index is 0.105. The summed E-state index contributed by atoms with van der Waals surface area (Å²) in [6.07, 6.45) is 0. The van der Waals surface area contributed by atoms with Gasteiger partial charge in [0.1, 0.15) is 5.21 Å². The van der Waals surface area contributed by atoms with Crippen molar-refractivity contribution in [1.82, 2.24) is 9.90 Å². The molecule has 14 heavy (non-hydrogen) atoms. The molecule has 0 saturated heterocycles. The summed E-state index contributed by atoms with van der Waals surface area (Å²) in [6, 6.07) is 9.03. The van der Waals surface area contributed by atoms with Crippen LogP contribution >= 0.6 is 23.2 Å². The second kappa shape index (κ2) is 3.48. The van der Waals surface area contributed by atoms with E-state index in [9.17, 15) is 5.21 Å². The van der Waals surface area contributed by atoms with Crippen molar-refractivity contribution in [2.45, 2.75) is 0 Å². The number of para-hydroxylation sites is 1. The number of halogens is 2. The zero-order valence-corrected chi connectivity index (χ0v) is 8.40. The van der Waals surface area contributed by atoms with E-state index in [1.54, 1.807) is 12.1 Å². The van der Waals surface area contributed by atoms with E-state index in [-0.39, 0.29) is 15.2 Å². The van der Waals surface area contributed by atoms with Crippen LogP contribution < -0.4 is 4.85 Å². The number of rotatable bonds is 1. The van der Waals surface area contributed by atoms with E-state index in [1.165, 1.54) is 4.68 Å². The van der Waals surface area contributed by atoms with Crippen LogP contribution in [0.25, 0.3) is 5.69 Å². The minimum Gasteiger partial charge on any atom is -0.690 e. The van der Waals surface area contributed by atoms with Gasteiger partial charge in [-0.25, -0.2) is 0 Å². The molecule has 1 aromatic heterocycles. The van der Waals surface area contributed by atoms with Gasteiger partial charge in [0.15, 0.2) is 5.69 Å². The smallest absolute Gasteiger partial charge is 0.284 e. The van der Waals surface area contributed by atoms with Gasteiger partial charge in [-0.3, -0.25) is 0 Å². The van der Waals surface area contributed by atoms with Crippen LogP contribution in [-0.4, -0.2) is 9.90 Å². The highest BCUT2D eigenvalue weighted by molar-refractivity contribution is 6.39. The van der Waals surface area contributed by atoms with E-state index in [2.05, 4.69) is 5.21 Å². The van der Waals surface area contributed by atoms with E-state index in [1.807, 2.05) is 18.2 Å². The van der Waals surface area contributed by atoms with Crippen LogP contribution in [-0.2, 0) is 0 Å². The van der Waals surface area contributed by atoms with Gasteiger partial charge < -0.3 is 5.21 Å². The number of hydrogen-bond donors (Lipinski definition) is 0. The van der Waals surface area contributed by atoms with E-state index >= 15 is 0 Å². The van der Waals surface area contributed by atoms with E-state index < -0.39 is 0 Å². The maximum atomic E-state index is 11.0. The second-order valence-corrected chi connectivity index (χ2v) is 3.31. The molecule has 0 unspecified atom stereocenters. The van der Waals surface area contributed by atoms with Crippen molar-refractivity contribution in [3.05, 3.63) is 45.8 Å². The van der Waals surface area contributed by atoms with Crippen molar-refractivity contribution in [3.63, 3.8) is 0 Å². The molecule has 0 aliphatic rings. The molecule has 1 aromatic carbocycles. The summed E-state index contributed by atoms with van der Waals surface area (Å²) in [4.78, 5) is 0.275. The summed E-state index contributed by atoms with van der Waals surface area (Å²) in [5.74, 6) is 0. The molecule has 0 atom stereocenters. The molecule has 0 N–H and O–H groups in total. The van der Waals surface area contributed by atoms with Gasteiger partial charge in [0, 0.05) is 0 Å².